The Morgan fingerprint density at radius 2 is 1.72 bits per heavy atom. The number of amides is 2. The molecule has 2 aliphatic rings. The highest BCUT2D eigenvalue weighted by atomic mass is 32.1. The van der Waals surface area contributed by atoms with Crippen LogP contribution in [-0.4, -0.2) is 69.1 Å². The Kier molecular flexibility index (Phi) is 5.29. The maximum Gasteiger partial charge on any atom is 0.282 e. The second-order valence-corrected chi connectivity index (χ2v) is 7.92. The van der Waals surface area contributed by atoms with Gasteiger partial charge in [-0.05, 0) is 30.6 Å². The summed E-state index contributed by atoms with van der Waals surface area (Å²) >= 11 is 1.46. The van der Waals surface area contributed by atoms with Crippen LogP contribution in [0, 0.1) is 0 Å². The van der Waals surface area contributed by atoms with Gasteiger partial charge in [0.1, 0.15) is 17.2 Å². The van der Waals surface area contributed by atoms with Gasteiger partial charge in [-0.3, -0.25) is 9.59 Å². The van der Waals surface area contributed by atoms with Crippen molar-refractivity contribution in [2.45, 2.75) is 0 Å². The van der Waals surface area contributed by atoms with Crippen molar-refractivity contribution in [3.05, 3.63) is 46.3 Å². The highest BCUT2D eigenvalue weighted by Crippen LogP contribution is 2.41. The summed E-state index contributed by atoms with van der Waals surface area (Å²) in [6.45, 7) is 3.07. The number of carbonyl (C=O) groups excluding carboxylic acids is 2. The molecule has 0 atom stereocenters. The molecule has 2 amide bonds. The first-order valence-corrected chi connectivity index (χ1v) is 10.3. The average molecular weight is 413 g/mol. The van der Waals surface area contributed by atoms with Gasteiger partial charge in [-0.15, -0.1) is 11.3 Å². The molecule has 1 fully saturated rings. The van der Waals surface area contributed by atoms with Gasteiger partial charge in [0.2, 0.25) is 0 Å². The Labute approximate surface area is 173 Å². The van der Waals surface area contributed by atoms with Gasteiger partial charge in [-0.25, -0.2) is 4.90 Å². The van der Waals surface area contributed by atoms with Crippen molar-refractivity contribution in [1.29, 1.82) is 0 Å². The minimum atomic E-state index is -0.335. The Morgan fingerprint density at radius 1 is 0.966 bits per heavy atom. The molecule has 0 radical (unpaired) electrons. The molecule has 1 saturated heterocycles. The molecule has 7 nitrogen and oxygen atoms in total. The molecule has 0 spiro atoms. The van der Waals surface area contributed by atoms with Crippen LogP contribution in [0.4, 0.5) is 5.69 Å². The Hall–Kier alpha value is -2.84. The first kappa shape index (κ1) is 19.5. The Balaban J connectivity index is 1.81. The lowest BCUT2D eigenvalue weighted by Crippen LogP contribution is -2.46. The number of hydrogen-bond acceptors (Lipinski definition) is 7. The van der Waals surface area contributed by atoms with Crippen molar-refractivity contribution in [3.8, 4) is 11.5 Å². The van der Waals surface area contributed by atoms with Crippen LogP contribution in [-0.2, 0) is 9.59 Å². The third-order valence-corrected chi connectivity index (χ3v) is 6.16. The lowest BCUT2D eigenvalue weighted by Gasteiger charge is -2.34. The van der Waals surface area contributed by atoms with E-state index in [0.29, 0.717) is 41.5 Å². The molecule has 3 heterocycles. The van der Waals surface area contributed by atoms with Gasteiger partial charge in [0, 0.05) is 37.1 Å². The summed E-state index contributed by atoms with van der Waals surface area (Å²) in [4.78, 5) is 33.3. The summed E-state index contributed by atoms with van der Waals surface area (Å²) in [5.41, 5.74) is 1.31. The zero-order valence-corrected chi connectivity index (χ0v) is 17.5. The van der Waals surface area contributed by atoms with Crippen LogP contribution in [0.25, 0.3) is 5.57 Å². The fourth-order valence-electron chi connectivity index (χ4n) is 3.67. The van der Waals surface area contributed by atoms with E-state index in [1.807, 2.05) is 22.4 Å². The second kappa shape index (κ2) is 7.88. The fourth-order valence-corrected chi connectivity index (χ4v) is 4.44. The van der Waals surface area contributed by atoms with Gasteiger partial charge in [-0.1, -0.05) is 6.07 Å². The summed E-state index contributed by atoms with van der Waals surface area (Å²) in [6, 6.07) is 8.87. The number of piperazine rings is 1. The minimum absolute atomic E-state index is 0.325. The SMILES string of the molecule is COc1ccc(OC)c(N2C(=O)C(c3cccs3)=C(N3CCN(C)CC3)C2=O)c1. The van der Waals surface area contributed by atoms with E-state index in [0.717, 1.165) is 18.0 Å². The number of rotatable bonds is 5. The van der Waals surface area contributed by atoms with Gasteiger partial charge in [0.15, 0.2) is 0 Å². The van der Waals surface area contributed by atoms with Crippen molar-refractivity contribution in [2.75, 3.05) is 52.3 Å². The number of thiophene rings is 1. The minimum Gasteiger partial charge on any atom is -0.497 e. The predicted octanol–water partition coefficient (Wildman–Crippen LogP) is 2.30. The van der Waals surface area contributed by atoms with E-state index in [4.69, 9.17) is 9.47 Å². The van der Waals surface area contributed by atoms with Gasteiger partial charge < -0.3 is 19.3 Å². The molecule has 0 saturated carbocycles. The first-order valence-electron chi connectivity index (χ1n) is 9.37. The van der Waals surface area contributed by atoms with E-state index >= 15 is 0 Å². The summed E-state index contributed by atoms with van der Waals surface area (Å²) in [7, 11) is 5.12. The number of methoxy groups -OCH3 is 2. The standard InChI is InChI=1S/C21H23N3O4S/c1-22-8-10-23(11-9-22)19-18(17-5-4-12-29-17)20(25)24(21(19)26)15-13-14(27-2)6-7-16(15)28-3/h4-7,12-13H,8-11H2,1-3H3. The number of carbonyl (C=O) groups is 2. The van der Waals surface area contributed by atoms with E-state index in [1.165, 1.54) is 23.3 Å². The van der Waals surface area contributed by atoms with Crippen molar-refractivity contribution in [3.63, 3.8) is 0 Å². The number of benzene rings is 1. The van der Waals surface area contributed by atoms with Gasteiger partial charge in [-0.2, -0.15) is 0 Å². The number of imide groups is 1. The first-order chi connectivity index (χ1) is 14.0. The monoisotopic (exact) mass is 413 g/mol. The van der Waals surface area contributed by atoms with Crippen molar-refractivity contribution < 1.29 is 19.1 Å². The Morgan fingerprint density at radius 3 is 2.34 bits per heavy atom. The molecular formula is C21H23N3O4S. The van der Waals surface area contributed by atoms with Crippen molar-refractivity contribution >= 4 is 34.4 Å². The van der Waals surface area contributed by atoms with Gasteiger partial charge in [0.05, 0.1) is 25.5 Å². The van der Waals surface area contributed by atoms with Crippen LogP contribution in [0.2, 0.25) is 0 Å². The van der Waals surface area contributed by atoms with E-state index in [2.05, 4.69) is 11.9 Å². The number of anilines is 1. The highest BCUT2D eigenvalue weighted by Gasteiger charge is 2.44. The maximum atomic E-state index is 13.6. The molecule has 2 aromatic rings. The zero-order chi connectivity index (χ0) is 20.5. The highest BCUT2D eigenvalue weighted by molar-refractivity contribution is 7.11. The summed E-state index contributed by atoms with van der Waals surface area (Å²) in [6.07, 6.45) is 0. The molecule has 152 valence electrons. The van der Waals surface area contributed by atoms with E-state index in [1.54, 1.807) is 25.3 Å². The second-order valence-electron chi connectivity index (χ2n) is 6.97. The summed E-state index contributed by atoms with van der Waals surface area (Å²) in [5.74, 6) is 0.331. The molecule has 29 heavy (non-hydrogen) atoms. The molecule has 1 aromatic carbocycles. The van der Waals surface area contributed by atoms with Crippen LogP contribution in [0.1, 0.15) is 4.88 Å². The number of nitrogens with zero attached hydrogens (tertiary/aromatic N) is 3. The fraction of sp³-hybridized carbons (Fsp3) is 0.333. The van der Waals surface area contributed by atoms with E-state index in [-0.39, 0.29) is 11.8 Å². The Bertz CT molecular complexity index is 962. The third-order valence-electron chi connectivity index (χ3n) is 5.27. The lowest BCUT2D eigenvalue weighted by molar-refractivity contribution is -0.120. The van der Waals surface area contributed by atoms with Crippen LogP contribution >= 0.6 is 11.3 Å². The summed E-state index contributed by atoms with van der Waals surface area (Å²) in [5, 5.41) is 1.91. The topological polar surface area (TPSA) is 62.3 Å². The van der Waals surface area contributed by atoms with Gasteiger partial charge >= 0.3 is 0 Å². The predicted molar refractivity (Wildman–Crippen MR) is 112 cm³/mol. The number of likely N-dealkylation sites (N-methyl/N-ethyl adjacent to an activating group) is 1. The lowest BCUT2D eigenvalue weighted by atomic mass is 10.1. The smallest absolute Gasteiger partial charge is 0.282 e. The number of ether oxygens (including phenoxy) is 2. The molecule has 0 N–H and O–H groups in total. The third kappa shape index (κ3) is 3.38. The van der Waals surface area contributed by atoms with Gasteiger partial charge in [0.25, 0.3) is 11.8 Å². The van der Waals surface area contributed by atoms with E-state index in [9.17, 15) is 9.59 Å². The number of hydrogen-bond donors (Lipinski definition) is 0. The maximum absolute atomic E-state index is 13.6. The van der Waals surface area contributed by atoms with Crippen LogP contribution in [0.3, 0.4) is 0 Å². The quantitative estimate of drug-likeness (QED) is 0.701. The molecule has 0 unspecified atom stereocenters. The molecule has 8 heteroatoms. The summed E-state index contributed by atoms with van der Waals surface area (Å²) < 4.78 is 10.7. The zero-order valence-electron chi connectivity index (χ0n) is 16.7. The molecule has 4 rings (SSSR count). The molecule has 2 aliphatic heterocycles. The molecular weight excluding hydrogens is 390 g/mol. The largest absolute Gasteiger partial charge is 0.497 e. The van der Waals surface area contributed by atoms with Crippen LogP contribution < -0.4 is 14.4 Å². The van der Waals surface area contributed by atoms with E-state index < -0.39 is 0 Å². The van der Waals surface area contributed by atoms with Crippen molar-refractivity contribution in [1.82, 2.24) is 9.80 Å². The average Bonchev–Trinajstić information content (AvgIpc) is 3.34. The normalized spacial score (nSPS) is 18.0. The molecule has 1 aromatic heterocycles. The van der Waals surface area contributed by atoms with Crippen LogP contribution in [0.15, 0.2) is 41.4 Å². The molecule has 0 aliphatic carbocycles. The van der Waals surface area contributed by atoms with Crippen LogP contribution in [0.5, 0.6) is 11.5 Å². The van der Waals surface area contributed by atoms with Crippen molar-refractivity contribution in [2.24, 2.45) is 0 Å². The molecule has 0 bridgehead atoms.